The maximum absolute atomic E-state index is 9.31. The maximum atomic E-state index is 9.31. The molecule has 3 nitrogen and oxygen atoms in total. The van der Waals surface area contributed by atoms with Crippen LogP contribution in [0, 0.1) is 0 Å². The van der Waals surface area contributed by atoms with Crippen LogP contribution in [0.3, 0.4) is 0 Å². The zero-order valence-electron chi connectivity index (χ0n) is 8.48. The van der Waals surface area contributed by atoms with E-state index in [2.05, 4.69) is 19.7 Å². The Morgan fingerprint density at radius 1 is 1.29 bits per heavy atom. The zero-order chi connectivity index (χ0) is 11.0. The predicted molar refractivity (Wildman–Crippen MR) is 58.7 cm³/mol. The first-order valence-corrected chi connectivity index (χ1v) is 4.54. The number of ether oxygens (including phenoxy) is 1. The van der Waals surface area contributed by atoms with Crippen LogP contribution in [-0.2, 0) is 4.74 Å². The molecule has 3 heteroatoms. The average molecular weight is 197 g/mol. The van der Waals surface area contributed by atoms with E-state index in [1.807, 2.05) is 0 Å². The molecular weight excluding hydrogens is 178 g/mol. The van der Waals surface area contributed by atoms with Crippen molar-refractivity contribution in [3.05, 3.63) is 38.0 Å². The molecule has 0 aliphatic carbocycles. The van der Waals surface area contributed by atoms with Gasteiger partial charge in [-0.2, -0.15) is 0 Å². The van der Waals surface area contributed by atoms with Gasteiger partial charge in [-0.05, 0) is 18.9 Å². The van der Waals surface area contributed by atoms with Crippen LogP contribution in [0.5, 0.6) is 0 Å². The molecule has 0 heterocycles. The standard InChI is InChI=1S/C11H19NO2/c1-4-7-11(9-12,8-5-2)14-10(13)6-3/h4-6,10,13H,1-3,7-9,12H2. The fraction of sp³-hybridized carbons (Fsp3) is 0.455. The van der Waals surface area contributed by atoms with Crippen molar-refractivity contribution in [1.29, 1.82) is 0 Å². The van der Waals surface area contributed by atoms with E-state index in [1.54, 1.807) is 12.2 Å². The molecule has 0 saturated heterocycles. The Kier molecular flexibility index (Phi) is 6.12. The molecule has 0 aromatic heterocycles. The SMILES string of the molecule is C=CCC(CN)(CC=C)OC(O)C=C. The fourth-order valence-corrected chi connectivity index (χ4v) is 1.22. The van der Waals surface area contributed by atoms with Crippen LogP contribution in [0.25, 0.3) is 0 Å². The van der Waals surface area contributed by atoms with Crippen molar-refractivity contribution in [2.75, 3.05) is 6.54 Å². The monoisotopic (exact) mass is 197 g/mol. The Hall–Kier alpha value is -0.900. The van der Waals surface area contributed by atoms with E-state index in [0.29, 0.717) is 19.4 Å². The van der Waals surface area contributed by atoms with Gasteiger partial charge in [-0.15, -0.1) is 13.2 Å². The van der Waals surface area contributed by atoms with Crippen molar-refractivity contribution in [2.24, 2.45) is 5.73 Å². The minimum absolute atomic E-state index is 0.302. The van der Waals surface area contributed by atoms with Crippen molar-refractivity contribution in [2.45, 2.75) is 24.7 Å². The second kappa shape index (κ2) is 6.54. The Balaban J connectivity index is 4.53. The minimum atomic E-state index is -1.00. The van der Waals surface area contributed by atoms with Crippen molar-refractivity contribution >= 4 is 0 Å². The molecular formula is C11H19NO2. The van der Waals surface area contributed by atoms with Crippen molar-refractivity contribution in [3.63, 3.8) is 0 Å². The van der Waals surface area contributed by atoms with Crippen LogP contribution in [-0.4, -0.2) is 23.5 Å². The summed E-state index contributed by atoms with van der Waals surface area (Å²) in [5, 5.41) is 9.31. The molecule has 0 aliphatic rings. The summed E-state index contributed by atoms with van der Waals surface area (Å²) in [4.78, 5) is 0. The topological polar surface area (TPSA) is 55.5 Å². The third-order valence-electron chi connectivity index (χ3n) is 1.98. The van der Waals surface area contributed by atoms with E-state index in [4.69, 9.17) is 10.5 Å². The number of nitrogens with two attached hydrogens (primary N) is 1. The second-order valence-electron chi connectivity index (χ2n) is 3.12. The van der Waals surface area contributed by atoms with E-state index >= 15 is 0 Å². The summed E-state index contributed by atoms with van der Waals surface area (Å²) in [6, 6.07) is 0. The first kappa shape index (κ1) is 13.1. The normalized spacial score (nSPS) is 13.3. The number of aliphatic hydroxyl groups is 1. The molecule has 0 radical (unpaired) electrons. The molecule has 1 atom stereocenters. The largest absolute Gasteiger partial charge is 0.365 e. The van der Waals surface area contributed by atoms with Gasteiger partial charge in [-0.25, -0.2) is 0 Å². The van der Waals surface area contributed by atoms with Crippen LogP contribution in [0.4, 0.5) is 0 Å². The Bertz CT molecular complexity index is 191. The highest BCUT2D eigenvalue weighted by molar-refractivity contribution is 4.95. The lowest BCUT2D eigenvalue weighted by molar-refractivity contribution is -0.154. The third kappa shape index (κ3) is 3.87. The summed E-state index contributed by atoms with van der Waals surface area (Å²) >= 11 is 0. The van der Waals surface area contributed by atoms with Gasteiger partial charge < -0.3 is 15.6 Å². The van der Waals surface area contributed by atoms with Crippen LogP contribution in [0.1, 0.15) is 12.8 Å². The van der Waals surface area contributed by atoms with Gasteiger partial charge in [-0.3, -0.25) is 0 Å². The average Bonchev–Trinajstić information content (AvgIpc) is 2.18. The van der Waals surface area contributed by atoms with Gasteiger partial charge in [0.1, 0.15) is 0 Å². The predicted octanol–water partition coefficient (Wildman–Crippen LogP) is 1.36. The summed E-state index contributed by atoms with van der Waals surface area (Å²) in [6.45, 7) is 11.0. The second-order valence-corrected chi connectivity index (χ2v) is 3.12. The van der Waals surface area contributed by atoms with E-state index < -0.39 is 11.9 Å². The minimum Gasteiger partial charge on any atom is -0.365 e. The van der Waals surface area contributed by atoms with Gasteiger partial charge >= 0.3 is 0 Å². The number of hydrogen-bond donors (Lipinski definition) is 2. The smallest absolute Gasteiger partial charge is 0.174 e. The first-order valence-electron chi connectivity index (χ1n) is 4.54. The van der Waals surface area contributed by atoms with E-state index in [0.717, 1.165) is 0 Å². The Morgan fingerprint density at radius 2 is 1.79 bits per heavy atom. The van der Waals surface area contributed by atoms with E-state index in [1.165, 1.54) is 6.08 Å². The summed E-state index contributed by atoms with van der Waals surface area (Å²) in [5.74, 6) is 0. The number of hydrogen-bond acceptors (Lipinski definition) is 3. The van der Waals surface area contributed by atoms with Gasteiger partial charge in [0, 0.05) is 6.54 Å². The van der Waals surface area contributed by atoms with E-state index in [-0.39, 0.29) is 0 Å². The highest BCUT2D eigenvalue weighted by atomic mass is 16.6. The molecule has 3 N–H and O–H groups in total. The molecule has 0 fully saturated rings. The van der Waals surface area contributed by atoms with Crippen LogP contribution in [0.15, 0.2) is 38.0 Å². The molecule has 0 amide bonds. The van der Waals surface area contributed by atoms with E-state index in [9.17, 15) is 5.11 Å². The molecule has 0 rings (SSSR count). The number of rotatable bonds is 8. The highest BCUT2D eigenvalue weighted by Crippen LogP contribution is 2.22. The van der Waals surface area contributed by atoms with Crippen LogP contribution in [0.2, 0.25) is 0 Å². The van der Waals surface area contributed by atoms with Gasteiger partial charge in [0.2, 0.25) is 0 Å². The molecule has 14 heavy (non-hydrogen) atoms. The zero-order valence-corrected chi connectivity index (χ0v) is 8.48. The summed E-state index contributed by atoms with van der Waals surface area (Å²) in [5.41, 5.74) is 5.00. The molecule has 1 unspecified atom stereocenters. The third-order valence-corrected chi connectivity index (χ3v) is 1.98. The van der Waals surface area contributed by atoms with Gasteiger partial charge in [0.25, 0.3) is 0 Å². The fourth-order valence-electron chi connectivity index (χ4n) is 1.22. The molecule has 0 bridgehead atoms. The van der Waals surface area contributed by atoms with Crippen LogP contribution < -0.4 is 5.73 Å². The first-order chi connectivity index (χ1) is 6.64. The summed E-state index contributed by atoms with van der Waals surface area (Å²) < 4.78 is 5.39. The van der Waals surface area contributed by atoms with Gasteiger partial charge in [-0.1, -0.05) is 18.7 Å². The van der Waals surface area contributed by atoms with Crippen molar-refractivity contribution < 1.29 is 9.84 Å². The Morgan fingerprint density at radius 3 is 2.07 bits per heavy atom. The molecule has 0 saturated carbocycles. The quantitative estimate of drug-likeness (QED) is 0.456. The summed E-state index contributed by atoms with van der Waals surface area (Å²) in [6.07, 6.45) is 4.88. The maximum Gasteiger partial charge on any atom is 0.174 e. The lowest BCUT2D eigenvalue weighted by Crippen LogP contribution is -2.42. The lowest BCUT2D eigenvalue weighted by atomic mass is 9.95. The molecule has 0 aliphatic heterocycles. The van der Waals surface area contributed by atoms with Crippen molar-refractivity contribution in [3.8, 4) is 0 Å². The van der Waals surface area contributed by atoms with Crippen molar-refractivity contribution in [1.82, 2.24) is 0 Å². The summed E-state index contributed by atoms with van der Waals surface area (Å²) in [7, 11) is 0. The molecule has 80 valence electrons. The molecule has 0 spiro atoms. The van der Waals surface area contributed by atoms with Crippen LogP contribution >= 0.6 is 0 Å². The lowest BCUT2D eigenvalue weighted by Gasteiger charge is -2.32. The molecule has 0 aromatic rings. The molecule has 0 aromatic carbocycles. The number of aliphatic hydroxyl groups excluding tert-OH is 1. The highest BCUT2D eigenvalue weighted by Gasteiger charge is 2.28. The van der Waals surface area contributed by atoms with Gasteiger partial charge in [0.15, 0.2) is 6.29 Å². The Labute approximate surface area is 85.6 Å². The van der Waals surface area contributed by atoms with Gasteiger partial charge in [0.05, 0.1) is 5.60 Å².